The normalized spacial score (nSPS) is 21.7. The average Bonchev–Trinajstić information content (AvgIpc) is 2.49. The predicted octanol–water partition coefficient (Wildman–Crippen LogP) is 1.63. The molecule has 0 radical (unpaired) electrons. The lowest BCUT2D eigenvalue weighted by Gasteiger charge is -2.30. The molecule has 0 aromatic heterocycles. The lowest BCUT2D eigenvalue weighted by atomic mass is 9.94. The molecule has 1 aromatic carbocycles. The highest BCUT2D eigenvalue weighted by molar-refractivity contribution is 7.91. The van der Waals surface area contributed by atoms with Crippen molar-refractivity contribution in [2.45, 2.75) is 31.2 Å². The second-order valence-electron chi connectivity index (χ2n) is 5.45. The smallest absolute Gasteiger partial charge is 0.252 e. The number of amides is 1. The summed E-state index contributed by atoms with van der Waals surface area (Å²) < 4.78 is 24.2. The molecule has 0 aliphatic carbocycles. The first kappa shape index (κ1) is 18.9. The predicted molar refractivity (Wildman–Crippen MR) is 89.3 cm³/mol. The number of nitrogens with one attached hydrogen (secondary N) is 2. The van der Waals surface area contributed by atoms with Crippen molar-refractivity contribution in [1.82, 2.24) is 10.6 Å². The Morgan fingerprint density at radius 1 is 1.36 bits per heavy atom. The van der Waals surface area contributed by atoms with Crippen molar-refractivity contribution in [3.63, 3.8) is 0 Å². The first-order chi connectivity index (χ1) is 9.95. The van der Waals surface area contributed by atoms with Gasteiger partial charge < -0.3 is 10.6 Å². The lowest BCUT2D eigenvalue weighted by molar-refractivity contribution is 0.0912. The summed E-state index contributed by atoms with van der Waals surface area (Å²) >= 11 is 0. The summed E-state index contributed by atoms with van der Waals surface area (Å²) in [5.41, 5.74) is 0.233. The van der Waals surface area contributed by atoms with Gasteiger partial charge in [-0.15, -0.1) is 12.4 Å². The van der Waals surface area contributed by atoms with E-state index >= 15 is 0 Å². The maximum absolute atomic E-state index is 12.4. The molecule has 1 heterocycles. The Hall–Kier alpha value is -1.11. The number of piperidine rings is 1. The summed E-state index contributed by atoms with van der Waals surface area (Å²) in [7, 11) is -3.40. The van der Waals surface area contributed by atoms with E-state index in [1.54, 1.807) is 25.1 Å². The molecule has 1 aliphatic rings. The minimum atomic E-state index is -3.40. The van der Waals surface area contributed by atoms with Crippen molar-refractivity contribution in [2.75, 3.05) is 18.8 Å². The van der Waals surface area contributed by atoms with Crippen molar-refractivity contribution >= 4 is 28.2 Å². The van der Waals surface area contributed by atoms with Crippen LogP contribution in [0.15, 0.2) is 29.2 Å². The lowest BCUT2D eigenvalue weighted by Crippen LogP contribution is -2.50. The van der Waals surface area contributed by atoms with Gasteiger partial charge in [-0.1, -0.05) is 26.0 Å². The van der Waals surface area contributed by atoms with Gasteiger partial charge in [0.05, 0.1) is 16.2 Å². The molecule has 2 atom stereocenters. The average molecular weight is 347 g/mol. The Morgan fingerprint density at radius 2 is 2.05 bits per heavy atom. The molecule has 1 aliphatic heterocycles. The molecule has 124 valence electrons. The van der Waals surface area contributed by atoms with Crippen LogP contribution in [0.4, 0.5) is 0 Å². The molecular weight excluding hydrogens is 324 g/mol. The molecule has 1 amide bonds. The Labute approximate surface area is 138 Å². The summed E-state index contributed by atoms with van der Waals surface area (Å²) in [6.45, 7) is 5.35. The molecule has 0 spiro atoms. The van der Waals surface area contributed by atoms with Crippen LogP contribution in [0, 0.1) is 5.92 Å². The number of sulfone groups is 1. The Kier molecular flexibility index (Phi) is 6.84. The van der Waals surface area contributed by atoms with Crippen molar-refractivity contribution in [2.24, 2.45) is 5.92 Å². The zero-order chi connectivity index (χ0) is 15.5. The molecular formula is C15H23ClN2O3S. The van der Waals surface area contributed by atoms with E-state index < -0.39 is 9.84 Å². The number of benzene rings is 1. The molecule has 2 N–H and O–H groups in total. The summed E-state index contributed by atoms with van der Waals surface area (Å²) in [6, 6.07) is 6.43. The van der Waals surface area contributed by atoms with E-state index in [0.29, 0.717) is 5.92 Å². The van der Waals surface area contributed by atoms with Crippen LogP contribution in [-0.2, 0) is 9.84 Å². The fraction of sp³-hybridized carbons (Fsp3) is 0.533. The van der Waals surface area contributed by atoms with Crippen LogP contribution < -0.4 is 10.6 Å². The SMILES string of the molecule is CCS(=O)(=O)c1ccccc1C(=O)NC1CNCCC1C.Cl. The largest absolute Gasteiger partial charge is 0.348 e. The van der Waals surface area contributed by atoms with E-state index in [2.05, 4.69) is 17.6 Å². The first-order valence-electron chi connectivity index (χ1n) is 7.29. The standard InChI is InChI=1S/C15H22N2O3S.ClH/c1-3-21(19,20)14-7-5-4-6-12(14)15(18)17-13-10-16-9-8-11(13)2;/h4-7,11,13,16H,3,8-10H2,1-2H3,(H,17,18);1H. The first-order valence-corrected chi connectivity index (χ1v) is 8.94. The van der Waals surface area contributed by atoms with Crippen LogP contribution >= 0.6 is 12.4 Å². The highest BCUT2D eigenvalue weighted by atomic mass is 35.5. The van der Waals surface area contributed by atoms with Crippen LogP contribution in [0.2, 0.25) is 0 Å². The highest BCUT2D eigenvalue weighted by Gasteiger charge is 2.26. The molecule has 0 saturated carbocycles. The number of halogens is 1. The monoisotopic (exact) mass is 346 g/mol. The van der Waals surface area contributed by atoms with Crippen molar-refractivity contribution in [3.8, 4) is 0 Å². The van der Waals surface area contributed by atoms with Crippen molar-refractivity contribution < 1.29 is 13.2 Å². The van der Waals surface area contributed by atoms with Crippen LogP contribution in [0.1, 0.15) is 30.6 Å². The number of carbonyl (C=O) groups excluding carboxylic acids is 1. The minimum absolute atomic E-state index is 0. The Bertz CT molecular complexity index is 619. The number of carbonyl (C=O) groups is 1. The minimum Gasteiger partial charge on any atom is -0.348 e. The molecule has 0 bridgehead atoms. The summed E-state index contributed by atoms with van der Waals surface area (Å²) in [4.78, 5) is 12.6. The number of hydrogen-bond acceptors (Lipinski definition) is 4. The van der Waals surface area contributed by atoms with Crippen molar-refractivity contribution in [1.29, 1.82) is 0 Å². The third-order valence-corrected chi connectivity index (χ3v) is 5.78. The van der Waals surface area contributed by atoms with Gasteiger partial charge in [-0.25, -0.2) is 8.42 Å². The second kappa shape index (κ2) is 7.94. The Morgan fingerprint density at radius 3 is 2.68 bits per heavy atom. The quantitative estimate of drug-likeness (QED) is 0.869. The van der Waals surface area contributed by atoms with E-state index in [1.807, 2.05) is 0 Å². The van der Waals surface area contributed by atoms with Gasteiger partial charge in [0.1, 0.15) is 0 Å². The van der Waals surface area contributed by atoms with Crippen LogP contribution in [0.25, 0.3) is 0 Å². The van der Waals surface area contributed by atoms with Crippen LogP contribution in [0.3, 0.4) is 0 Å². The van der Waals surface area contributed by atoms with E-state index in [-0.39, 0.29) is 40.6 Å². The highest BCUT2D eigenvalue weighted by Crippen LogP contribution is 2.18. The van der Waals surface area contributed by atoms with Gasteiger partial charge in [-0.05, 0) is 31.0 Å². The van der Waals surface area contributed by atoms with E-state index in [4.69, 9.17) is 0 Å². The second-order valence-corrected chi connectivity index (χ2v) is 7.70. The molecule has 2 unspecified atom stereocenters. The molecule has 2 rings (SSSR count). The Balaban J connectivity index is 0.00000242. The van der Waals surface area contributed by atoms with E-state index in [1.165, 1.54) is 6.07 Å². The molecule has 5 nitrogen and oxygen atoms in total. The van der Waals surface area contributed by atoms with Gasteiger partial charge in [0.15, 0.2) is 9.84 Å². The summed E-state index contributed by atoms with van der Waals surface area (Å²) in [5, 5.41) is 6.20. The van der Waals surface area contributed by atoms with Gasteiger partial charge >= 0.3 is 0 Å². The number of hydrogen-bond donors (Lipinski definition) is 2. The summed E-state index contributed by atoms with van der Waals surface area (Å²) in [5.74, 6) is 0.0481. The van der Waals surface area contributed by atoms with Gasteiger partial charge in [-0.2, -0.15) is 0 Å². The maximum Gasteiger partial charge on any atom is 0.252 e. The van der Waals surface area contributed by atoms with Crippen LogP contribution in [0.5, 0.6) is 0 Å². The molecule has 1 aromatic rings. The molecule has 1 fully saturated rings. The van der Waals surface area contributed by atoms with E-state index in [9.17, 15) is 13.2 Å². The zero-order valence-corrected chi connectivity index (χ0v) is 14.5. The van der Waals surface area contributed by atoms with E-state index in [0.717, 1.165) is 19.5 Å². The molecule has 7 heteroatoms. The van der Waals surface area contributed by atoms with Gasteiger partial charge in [0.25, 0.3) is 5.91 Å². The molecule has 22 heavy (non-hydrogen) atoms. The summed E-state index contributed by atoms with van der Waals surface area (Å²) in [6.07, 6.45) is 1.000. The topological polar surface area (TPSA) is 75.3 Å². The van der Waals surface area contributed by atoms with Gasteiger partial charge in [0.2, 0.25) is 0 Å². The fourth-order valence-electron chi connectivity index (χ4n) is 2.51. The van der Waals surface area contributed by atoms with Crippen molar-refractivity contribution in [3.05, 3.63) is 29.8 Å². The maximum atomic E-state index is 12.4. The zero-order valence-electron chi connectivity index (χ0n) is 12.8. The number of rotatable bonds is 4. The van der Waals surface area contributed by atoms with Crippen LogP contribution in [-0.4, -0.2) is 39.2 Å². The third kappa shape index (κ3) is 4.21. The van der Waals surface area contributed by atoms with Gasteiger partial charge in [0, 0.05) is 12.6 Å². The molecule has 1 saturated heterocycles. The fourth-order valence-corrected chi connectivity index (χ4v) is 3.60. The third-order valence-electron chi connectivity index (χ3n) is 3.99. The van der Waals surface area contributed by atoms with Gasteiger partial charge in [-0.3, -0.25) is 4.79 Å².